The van der Waals surface area contributed by atoms with Crippen LogP contribution < -0.4 is 10.6 Å². The molecule has 0 saturated heterocycles. The number of hydrogen-bond acceptors (Lipinski definition) is 4. The number of imidazole rings is 1. The van der Waals surface area contributed by atoms with Crippen molar-refractivity contribution in [2.24, 2.45) is 0 Å². The zero-order valence-corrected chi connectivity index (χ0v) is 21.1. The Hall–Kier alpha value is -4.04. The Morgan fingerprint density at radius 3 is 2.50 bits per heavy atom. The van der Waals surface area contributed by atoms with Crippen LogP contribution >= 0.6 is 11.6 Å². The van der Waals surface area contributed by atoms with Gasteiger partial charge in [0.15, 0.2) is 0 Å². The van der Waals surface area contributed by atoms with Gasteiger partial charge in [-0.15, -0.1) is 0 Å². The minimum Gasteiger partial charge on any atom is -0.467 e. The number of anilines is 1. The van der Waals surface area contributed by atoms with E-state index in [-0.39, 0.29) is 19.1 Å². The van der Waals surface area contributed by atoms with Crippen molar-refractivity contribution in [1.29, 1.82) is 0 Å². The molecule has 2 heterocycles. The fraction of sp³-hybridized carbons (Fsp3) is 0.222. The van der Waals surface area contributed by atoms with E-state index in [9.17, 15) is 9.59 Å². The number of benzene rings is 2. The van der Waals surface area contributed by atoms with Crippen LogP contribution in [0.4, 0.5) is 10.7 Å². The van der Waals surface area contributed by atoms with Crippen LogP contribution in [0.25, 0.3) is 16.9 Å². The Bertz CT molecular complexity index is 1330. The molecule has 4 rings (SSSR count). The molecule has 0 aliphatic rings. The quantitative estimate of drug-likeness (QED) is 0.335. The third kappa shape index (κ3) is 6.55. The Morgan fingerprint density at radius 1 is 1.06 bits per heavy atom. The Balaban J connectivity index is 1.60. The molecule has 9 heteroatoms. The third-order valence-electron chi connectivity index (χ3n) is 5.14. The van der Waals surface area contributed by atoms with Gasteiger partial charge in [-0.3, -0.25) is 14.7 Å². The summed E-state index contributed by atoms with van der Waals surface area (Å²) < 4.78 is 7.16. The monoisotopic (exact) mass is 505 g/mol. The molecule has 0 radical (unpaired) electrons. The number of nitrogens with one attached hydrogen (secondary N) is 2. The fourth-order valence-electron chi connectivity index (χ4n) is 3.57. The summed E-state index contributed by atoms with van der Waals surface area (Å²) in [4.78, 5) is 32.2. The molecule has 2 aromatic heterocycles. The summed E-state index contributed by atoms with van der Waals surface area (Å²) in [6, 6.07) is 20.0. The Kier molecular flexibility index (Phi) is 7.45. The van der Waals surface area contributed by atoms with Crippen LogP contribution in [0, 0.1) is 0 Å². The van der Waals surface area contributed by atoms with Crippen molar-refractivity contribution in [1.82, 2.24) is 19.8 Å². The lowest BCUT2D eigenvalue weighted by Gasteiger charge is -2.27. The van der Waals surface area contributed by atoms with E-state index in [0.717, 1.165) is 11.3 Å². The molecular weight excluding hydrogens is 478 g/mol. The van der Waals surface area contributed by atoms with Gasteiger partial charge >= 0.3 is 6.03 Å². The van der Waals surface area contributed by atoms with Gasteiger partial charge in [-0.2, -0.15) is 0 Å². The number of hydrogen-bond donors (Lipinski definition) is 2. The first-order chi connectivity index (χ1) is 17.2. The van der Waals surface area contributed by atoms with E-state index in [1.807, 2.05) is 69.4 Å². The molecule has 2 N–H and O–H groups in total. The van der Waals surface area contributed by atoms with Gasteiger partial charge < -0.3 is 14.6 Å². The van der Waals surface area contributed by atoms with Crippen LogP contribution in [-0.2, 0) is 11.3 Å². The zero-order chi connectivity index (χ0) is 25.7. The molecule has 36 heavy (non-hydrogen) atoms. The lowest BCUT2D eigenvalue weighted by atomic mass is 10.1. The second kappa shape index (κ2) is 10.7. The van der Waals surface area contributed by atoms with Gasteiger partial charge in [-0.25, -0.2) is 9.78 Å². The standard InChI is InChI=1S/C27H28ClN5O3/c1-27(2,3)31-26(35)32(16-22-13-8-14-36-22)18-24(34)30-25-29-23(19-9-5-4-6-10-19)17-33(25)21-12-7-11-20(28)15-21/h4-15,17H,16,18H2,1-3H3,(H,31,35)(H,29,30,34). The number of nitrogens with zero attached hydrogens (tertiary/aromatic N) is 3. The number of rotatable bonds is 7. The highest BCUT2D eigenvalue weighted by Gasteiger charge is 2.24. The van der Waals surface area contributed by atoms with Crippen molar-refractivity contribution in [2.45, 2.75) is 32.9 Å². The zero-order valence-electron chi connectivity index (χ0n) is 20.4. The van der Waals surface area contributed by atoms with Crippen molar-refractivity contribution in [3.8, 4) is 16.9 Å². The molecule has 0 aliphatic carbocycles. The summed E-state index contributed by atoms with van der Waals surface area (Å²) >= 11 is 6.22. The molecule has 0 fully saturated rings. The number of carbonyl (C=O) groups excluding carboxylic acids is 2. The summed E-state index contributed by atoms with van der Waals surface area (Å²) in [5, 5.41) is 6.32. The molecule has 186 valence electrons. The maximum Gasteiger partial charge on any atom is 0.318 e. The summed E-state index contributed by atoms with van der Waals surface area (Å²) in [6.45, 7) is 5.57. The van der Waals surface area contributed by atoms with Crippen molar-refractivity contribution < 1.29 is 14.0 Å². The van der Waals surface area contributed by atoms with Crippen molar-refractivity contribution in [3.63, 3.8) is 0 Å². The molecule has 0 spiro atoms. The normalized spacial score (nSPS) is 11.2. The van der Waals surface area contributed by atoms with E-state index < -0.39 is 11.4 Å². The van der Waals surface area contributed by atoms with Crippen LogP contribution in [0.2, 0.25) is 5.02 Å². The first kappa shape index (κ1) is 25.1. The minimum absolute atomic E-state index is 0.139. The Morgan fingerprint density at radius 2 is 1.83 bits per heavy atom. The number of halogens is 1. The minimum atomic E-state index is -0.470. The molecule has 0 unspecified atom stereocenters. The number of carbonyl (C=O) groups is 2. The molecule has 2 aromatic carbocycles. The Labute approximate surface area is 214 Å². The van der Waals surface area contributed by atoms with Crippen LogP contribution in [-0.4, -0.2) is 38.5 Å². The number of furan rings is 1. The smallest absolute Gasteiger partial charge is 0.318 e. The number of aromatic nitrogens is 2. The molecule has 0 aliphatic heterocycles. The first-order valence-electron chi connectivity index (χ1n) is 11.5. The predicted octanol–water partition coefficient (Wildman–Crippen LogP) is 5.73. The van der Waals surface area contributed by atoms with Crippen molar-refractivity contribution in [3.05, 3.63) is 90.0 Å². The molecule has 0 saturated carbocycles. The van der Waals surface area contributed by atoms with Crippen LogP contribution in [0.3, 0.4) is 0 Å². The fourth-order valence-corrected chi connectivity index (χ4v) is 3.75. The molecule has 0 atom stereocenters. The largest absolute Gasteiger partial charge is 0.467 e. The van der Waals surface area contributed by atoms with E-state index in [4.69, 9.17) is 16.0 Å². The van der Waals surface area contributed by atoms with Gasteiger partial charge in [0.05, 0.1) is 18.5 Å². The molecule has 8 nitrogen and oxygen atoms in total. The van der Waals surface area contributed by atoms with Crippen LogP contribution in [0.5, 0.6) is 0 Å². The average Bonchev–Trinajstić information content (AvgIpc) is 3.48. The summed E-state index contributed by atoms with van der Waals surface area (Å²) in [7, 11) is 0. The lowest BCUT2D eigenvalue weighted by molar-refractivity contribution is -0.117. The van der Waals surface area contributed by atoms with Crippen LogP contribution in [0.15, 0.2) is 83.6 Å². The van der Waals surface area contributed by atoms with E-state index >= 15 is 0 Å². The van der Waals surface area contributed by atoms with E-state index in [2.05, 4.69) is 15.6 Å². The van der Waals surface area contributed by atoms with E-state index in [1.54, 1.807) is 28.8 Å². The molecule has 4 aromatic rings. The molecule has 3 amide bonds. The maximum absolute atomic E-state index is 13.2. The van der Waals surface area contributed by atoms with Gasteiger partial charge in [-0.05, 0) is 51.1 Å². The third-order valence-corrected chi connectivity index (χ3v) is 5.38. The average molecular weight is 506 g/mol. The summed E-state index contributed by atoms with van der Waals surface area (Å²) in [5.74, 6) is 0.480. The topological polar surface area (TPSA) is 92.4 Å². The highest BCUT2D eigenvalue weighted by atomic mass is 35.5. The molecular formula is C27H28ClN5O3. The highest BCUT2D eigenvalue weighted by molar-refractivity contribution is 6.30. The van der Waals surface area contributed by atoms with Gasteiger partial charge in [0.1, 0.15) is 12.3 Å². The summed E-state index contributed by atoms with van der Waals surface area (Å²) in [5.41, 5.74) is 1.86. The van der Waals surface area contributed by atoms with Crippen molar-refractivity contribution in [2.75, 3.05) is 11.9 Å². The van der Waals surface area contributed by atoms with E-state index in [1.165, 1.54) is 11.2 Å². The van der Waals surface area contributed by atoms with E-state index in [0.29, 0.717) is 22.4 Å². The first-order valence-corrected chi connectivity index (χ1v) is 11.9. The maximum atomic E-state index is 13.2. The van der Waals surface area contributed by atoms with Crippen LogP contribution in [0.1, 0.15) is 26.5 Å². The number of amides is 3. The van der Waals surface area contributed by atoms with Gasteiger partial charge in [-0.1, -0.05) is 48.0 Å². The predicted molar refractivity (Wildman–Crippen MR) is 140 cm³/mol. The van der Waals surface area contributed by atoms with Gasteiger partial charge in [0, 0.05) is 28.0 Å². The van der Waals surface area contributed by atoms with Gasteiger partial charge in [0.2, 0.25) is 11.9 Å². The number of urea groups is 1. The summed E-state index contributed by atoms with van der Waals surface area (Å²) in [6.07, 6.45) is 3.37. The highest BCUT2D eigenvalue weighted by Crippen LogP contribution is 2.25. The lowest BCUT2D eigenvalue weighted by Crippen LogP contribution is -2.50. The van der Waals surface area contributed by atoms with Gasteiger partial charge in [0.25, 0.3) is 0 Å². The van der Waals surface area contributed by atoms with Crippen molar-refractivity contribution >= 4 is 29.5 Å². The second-order valence-electron chi connectivity index (χ2n) is 9.33. The second-order valence-corrected chi connectivity index (χ2v) is 9.77. The SMILES string of the molecule is CC(C)(C)NC(=O)N(CC(=O)Nc1nc(-c2ccccc2)cn1-c1cccc(Cl)c1)Cc1ccco1. The molecule has 0 bridgehead atoms.